The highest BCUT2D eigenvalue weighted by Gasteiger charge is 2.17. The van der Waals surface area contributed by atoms with Gasteiger partial charge in [-0.1, -0.05) is 140 Å². The fourth-order valence-corrected chi connectivity index (χ4v) is 6.50. The van der Waals surface area contributed by atoms with E-state index in [4.69, 9.17) is 4.98 Å². The van der Waals surface area contributed by atoms with Crippen molar-refractivity contribution in [1.29, 1.82) is 0 Å². The highest BCUT2D eigenvalue weighted by atomic mass is 14.7. The van der Waals surface area contributed by atoms with Crippen LogP contribution in [0.1, 0.15) is 12.0 Å². The van der Waals surface area contributed by atoms with Crippen LogP contribution in [-0.2, 0) is 0 Å². The third-order valence-corrected chi connectivity index (χ3v) is 8.59. The van der Waals surface area contributed by atoms with Crippen molar-refractivity contribution in [3.05, 3.63) is 176 Å². The Morgan fingerprint density at radius 1 is 0.533 bits per heavy atom. The van der Waals surface area contributed by atoms with Gasteiger partial charge < -0.3 is 0 Å². The van der Waals surface area contributed by atoms with Crippen LogP contribution < -0.4 is 0 Å². The van der Waals surface area contributed by atoms with Crippen LogP contribution in [0.15, 0.2) is 170 Å². The summed E-state index contributed by atoms with van der Waals surface area (Å²) in [4.78, 5) is 9.72. The van der Waals surface area contributed by atoms with Crippen LogP contribution in [0, 0.1) is 0 Å². The van der Waals surface area contributed by atoms with E-state index in [1.165, 1.54) is 43.8 Å². The number of benzene rings is 5. The highest BCUT2D eigenvalue weighted by Crippen LogP contribution is 2.42. The number of aromatic nitrogens is 2. The van der Waals surface area contributed by atoms with Gasteiger partial charge in [-0.15, -0.1) is 0 Å². The van der Waals surface area contributed by atoms with Crippen molar-refractivity contribution in [2.24, 2.45) is 0 Å². The molecule has 8 rings (SSSR count). The summed E-state index contributed by atoms with van der Waals surface area (Å²) in [6, 6.07) is 38.9. The molecular weight excluding hydrogens is 544 g/mol. The minimum Gasteiger partial charge on any atom is -0.254 e. The van der Waals surface area contributed by atoms with E-state index < -0.39 is 0 Å². The standard InChI is InChI=1S/C43H30N2/c1-29-12-5-3-2-4-6-13-34(28-29)41-37-17-9-7-15-35(37)40(36-16-8-10-18-38(36)41)31-21-19-30(20-22-31)39-26-25-33-24-23-32-14-11-27-44-42(32)43(33)45-39/h2-3,5-28H,1,4H2/b3-2-,12-5-,13-6-,34-28?. The normalized spacial score (nSPS) is 15.7. The lowest BCUT2D eigenvalue weighted by Gasteiger charge is -2.18. The molecule has 2 heterocycles. The third-order valence-electron chi connectivity index (χ3n) is 8.59. The first-order valence-corrected chi connectivity index (χ1v) is 15.3. The van der Waals surface area contributed by atoms with Crippen molar-refractivity contribution in [2.75, 3.05) is 0 Å². The van der Waals surface area contributed by atoms with E-state index in [1.807, 2.05) is 12.3 Å². The van der Waals surface area contributed by atoms with Crippen molar-refractivity contribution in [1.82, 2.24) is 9.97 Å². The molecule has 1 aliphatic carbocycles. The molecule has 0 N–H and O–H groups in total. The lowest BCUT2D eigenvalue weighted by molar-refractivity contribution is 1.37. The summed E-state index contributed by atoms with van der Waals surface area (Å²) in [5.74, 6) is 0. The maximum absolute atomic E-state index is 5.08. The second kappa shape index (κ2) is 11.3. The first kappa shape index (κ1) is 26.7. The predicted molar refractivity (Wildman–Crippen MR) is 192 cm³/mol. The van der Waals surface area contributed by atoms with Crippen LogP contribution in [0.3, 0.4) is 0 Å². The van der Waals surface area contributed by atoms with Crippen LogP contribution in [0.5, 0.6) is 0 Å². The Balaban J connectivity index is 1.29. The van der Waals surface area contributed by atoms with Crippen LogP contribution in [-0.4, -0.2) is 9.97 Å². The maximum Gasteiger partial charge on any atom is 0.0972 e. The van der Waals surface area contributed by atoms with Crippen molar-refractivity contribution in [3.63, 3.8) is 0 Å². The van der Waals surface area contributed by atoms with E-state index >= 15 is 0 Å². The lowest BCUT2D eigenvalue weighted by atomic mass is 9.85. The Hall–Kier alpha value is -5.86. The molecular formula is C43H30N2. The summed E-state index contributed by atoms with van der Waals surface area (Å²) in [5.41, 5.74) is 9.68. The van der Waals surface area contributed by atoms with Gasteiger partial charge >= 0.3 is 0 Å². The van der Waals surface area contributed by atoms with Crippen LogP contribution in [0.4, 0.5) is 0 Å². The first-order chi connectivity index (χ1) is 22.2. The van der Waals surface area contributed by atoms with Gasteiger partial charge in [-0.2, -0.15) is 0 Å². The van der Waals surface area contributed by atoms with E-state index in [0.717, 1.165) is 45.1 Å². The molecule has 0 amide bonds. The number of pyridine rings is 2. The number of allylic oxidation sites excluding steroid dienone is 9. The monoisotopic (exact) mass is 574 g/mol. The van der Waals surface area contributed by atoms with E-state index in [9.17, 15) is 0 Å². The summed E-state index contributed by atoms with van der Waals surface area (Å²) < 4.78 is 0. The van der Waals surface area contributed by atoms with Gasteiger partial charge in [-0.05, 0) is 74.0 Å². The minimum absolute atomic E-state index is 0.882. The average molecular weight is 575 g/mol. The maximum atomic E-state index is 5.08. The Bertz CT molecular complexity index is 2350. The predicted octanol–water partition coefficient (Wildman–Crippen LogP) is 11.4. The number of hydrogen-bond acceptors (Lipinski definition) is 2. The van der Waals surface area contributed by atoms with Gasteiger partial charge in [0.2, 0.25) is 0 Å². The summed E-state index contributed by atoms with van der Waals surface area (Å²) in [6.45, 7) is 4.31. The van der Waals surface area contributed by atoms with Crippen LogP contribution in [0.25, 0.3) is 71.3 Å². The molecule has 0 saturated carbocycles. The van der Waals surface area contributed by atoms with E-state index in [2.05, 4.69) is 157 Å². The summed E-state index contributed by atoms with van der Waals surface area (Å²) in [6.07, 6.45) is 17.8. The number of fused-ring (bicyclic) bond motifs is 5. The lowest BCUT2D eigenvalue weighted by Crippen LogP contribution is -1.94. The molecule has 2 heteroatoms. The Morgan fingerprint density at radius 3 is 1.91 bits per heavy atom. The van der Waals surface area contributed by atoms with Gasteiger partial charge in [-0.3, -0.25) is 4.98 Å². The van der Waals surface area contributed by atoms with Crippen molar-refractivity contribution in [3.8, 4) is 22.4 Å². The topological polar surface area (TPSA) is 25.8 Å². The number of rotatable bonds is 3. The van der Waals surface area contributed by atoms with Gasteiger partial charge in [0.1, 0.15) is 0 Å². The summed E-state index contributed by atoms with van der Waals surface area (Å²) >= 11 is 0. The average Bonchev–Trinajstić information content (AvgIpc) is 3.09. The molecule has 0 unspecified atom stereocenters. The molecule has 0 aliphatic heterocycles. The van der Waals surface area contributed by atoms with Gasteiger partial charge in [0.05, 0.1) is 16.7 Å². The molecule has 212 valence electrons. The molecule has 2 nitrogen and oxygen atoms in total. The number of hydrogen-bond donors (Lipinski definition) is 0. The third kappa shape index (κ3) is 4.87. The van der Waals surface area contributed by atoms with Crippen molar-refractivity contribution < 1.29 is 0 Å². The van der Waals surface area contributed by atoms with E-state index in [-0.39, 0.29) is 0 Å². The molecule has 0 spiro atoms. The molecule has 45 heavy (non-hydrogen) atoms. The van der Waals surface area contributed by atoms with Crippen LogP contribution in [0.2, 0.25) is 0 Å². The molecule has 2 aromatic heterocycles. The van der Waals surface area contributed by atoms with Gasteiger partial charge in [0.15, 0.2) is 0 Å². The fraction of sp³-hybridized carbons (Fsp3) is 0.0233. The Labute approximate surface area is 262 Å². The van der Waals surface area contributed by atoms with E-state index in [0.29, 0.717) is 0 Å². The van der Waals surface area contributed by atoms with Crippen molar-refractivity contribution >= 4 is 48.9 Å². The summed E-state index contributed by atoms with van der Waals surface area (Å²) in [5, 5.41) is 7.11. The number of nitrogens with zero attached hydrogens (tertiary/aromatic N) is 2. The fourth-order valence-electron chi connectivity index (χ4n) is 6.50. The Kier molecular flexibility index (Phi) is 6.73. The van der Waals surface area contributed by atoms with Gasteiger partial charge in [-0.25, -0.2) is 4.98 Å². The van der Waals surface area contributed by atoms with Gasteiger partial charge in [0, 0.05) is 22.5 Å². The molecule has 0 radical (unpaired) electrons. The molecule has 0 bridgehead atoms. The van der Waals surface area contributed by atoms with Crippen LogP contribution >= 0.6 is 0 Å². The molecule has 1 aliphatic rings. The van der Waals surface area contributed by atoms with Gasteiger partial charge in [0.25, 0.3) is 0 Å². The zero-order valence-corrected chi connectivity index (χ0v) is 24.8. The molecule has 7 aromatic rings. The van der Waals surface area contributed by atoms with Crippen molar-refractivity contribution in [2.45, 2.75) is 6.42 Å². The summed E-state index contributed by atoms with van der Waals surface area (Å²) in [7, 11) is 0. The molecule has 0 fully saturated rings. The highest BCUT2D eigenvalue weighted by molar-refractivity contribution is 6.19. The second-order valence-corrected chi connectivity index (χ2v) is 11.4. The van der Waals surface area contributed by atoms with E-state index in [1.54, 1.807) is 0 Å². The molecule has 0 atom stereocenters. The Morgan fingerprint density at radius 2 is 1.18 bits per heavy atom. The molecule has 5 aromatic carbocycles. The minimum atomic E-state index is 0.882. The SMILES string of the molecule is C=C1C=C(c2c3ccccc3c(-c3ccc(-c4ccc5ccc6cccnc6c5n4)cc3)c3ccccc23)/C=C\C/C=C\C=C/1. The largest absolute Gasteiger partial charge is 0.254 e. The zero-order valence-electron chi connectivity index (χ0n) is 24.8. The quantitative estimate of drug-likeness (QED) is 0.155. The smallest absolute Gasteiger partial charge is 0.0972 e. The second-order valence-electron chi connectivity index (χ2n) is 11.4. The first-order valence-electron chi connectivity index (χ1n) is 15.3. The molecule has 0 saturated heterocycles. The zero-order chi connectivity index (χ0) is 30.2.